The first-order valence-electron chi connectivity index (χ1n) is 5.56. The molecule has 0 spiro atoms. The van der Waals surface area contributed by atoms with E-state index in [1.807, 2.05) is 0 Å². The third-order valence-corrected chi connectivity index (χ3v) is 3.78. The average Bonchev–Trinajstić information content (AvgIpc) is 2.69. The highest BCUT2D eigenvalue weighted by atomic mass is 16.1. The lowest BCUT2D eigenvalue weighted by Crippen LogP contribution is -2.22. The van der Waals surface area contributed by atoms with Crippen molar-refractivity contribution in [1.29, 1.82) is 0 Å². The fourth-order valence-electron chi connectivity index (χ4n) is 3.06. The van der Waals surface area contributed by atoms with Gasteiger partial charge in [-0.3, -0.25) is 4.79 Å². The molecule has 0 aromatic heterocycles. The van der Waals surface area contributed by atoms with Crippen LogP contribution in [0.5, 0.6) is 0 Å². The highest BCUT2D eigenvalue weighted by molar-refractivity contribution is 5.86. The van der Waals surface area contributed by atoms with Crippen molar-refractivity contribution in [3.63, 3.8) is 0 Å². The van der Waals surface area contributed by atoms with Crippen molar-refractivity contribution in [1.82, 2.24) is 0 Å². The van der Waals surface area contributed by atoms with Gasteiger partial charge in [-0.15, -0.1) is 0 Å². The molecule has 0 radical (unpaired) electrons. The van der Waals surface area contributed by atoms with Gasteiger partial charge in [-0.25, -0.2) is 0 Å². The van der Waals surface area contributed by atoms with E-state index in [-0.39, 0.29) is 0 Å². The van der Waals surface area contributed by atoms with Crippen molar-refractivity contribution < 1.29 is 4.79 Å². The topological polar surface area (TPSA) is 43.1 Å². The molecule has 3 atom stereocenters. The first-order valence-corrected chi connectivity index (χ1v) is 5.56. The fraction of sp³-hybridized carbons (Fsp3) is 0.909. The van der Waals surface area contributed by atoms with Gasteiger partial charge in [0.1, 0.15) is 5.78 Å². The summed E-state index contributed by atoms with van der Waals surface area (Å²) in [4.78, 5) is 11.7. The summed E-state index contributed by atoms with van der Waals surface area (Å²) in [6, 6.07) is 0. The van der Waals surface area contributed by atoms with Crippen LogP contribution >= 0.6 is 0 Å². The second kappa shape index (κ2) is 3.79. The van der Waals surface area contributed by atoms with E-state index in [1.54, 1.807) is 0 Å². The number of nitrogens with two attached hydrogens (primary N) is 1. The SMILES string of the molecule is NCCCCC1C(=O)C2CCC1C2. The Labute approximate surface area is 79.9 Å². The van der Waals surface area contributed by atoms with Gasteiger partial charge in [-0.2, -0.15) is 0 Å². The molecule has 0 amide bonds. The van der Waals surface area contributed by atoms with E-state index in [9.17, 15) is 4.79 Å². The van der Waals surface area contributed by atoms with Gasteiger partial charge in [0.25, 0.3) is 0 Å². The Morgan fingerprint density at radius 2 is 2.15 bits per heavy atom. The molecule has 2 aliphatic carbocycles. The molecule has 2 saturated carbocycles. The smallest absolute Gasteiger partial charge is 0.139 e. The van der Waals surface area contributed by atoms with E-state index in [4.69, 9.17) is 5.73 Å². The van der Waals surface area contributed by atoms with Crippen LogP contribution in [0.25, 0.3) is 0 Å². The molecule has 74 valence electrons. The van der Waals surface area contributed by atoms with Crippen LogP contribution in [-0.2, 0) is 4.79 Å². The predicted molar refractivity (Wildman–Crippen MR) is 52.2 cm³/mol. The third-order valence-electron chi connectivity index (χ3n) is 3.78. The summed E-state index contributed by atoms with van der Waals surface area (Å²) in [7, 11) is 0. The fourth-order valence-corrected chi connectivity index (χ4v) is 3.06. The minimum Gasteiger partial charge on any atom is -0.330 e. The molecule has 0 aromatic rings. The van der Waals surface area contributed by atoms with Crippen LogP contribution in [0.15, 0.2) is 0 Å². The average molecular weight is 181 g/mol. The summed E-state index contributed by atoms with van der Waals surface area (Å²) in [6.45, 7) is 0.773. The molecule has 2 fully saturated rings. The predicted octanol–water partition coefficient (Wildman–Crippen LogP) is 1.73. The van der Waals surface area contributed by atoms with Crippen LogP contribution in [0.2, 0.25) is 0 Å². The normalized spacial score (nSPS) is 37.3. The van der Waals surface area contributed by atoms with Crippen molar-refractivity contribution in [2.75, 3.05) is 6.54 Å². The highest BCUT2D eigenvalue weighted by Gasteiger charge is 2.45. The first kappa shape index (κ1) is 9.20. The number of Topliss-reactive ketones (excluding diaryl/α,β-unsaturated/α-hetero) is 1. The van der Waals surface area contributed by atoms with Gasteiger partial charge in [0.15, 0.2) is 0 Å². The van der Waals surface area contributed by atoms with Crippen molar-refractivity contribution in [3.05, 3.63) is 0 Å². The number of rotatable bonds is 4. The second-order valence-electron chi connectivity index (χ2n) is 4.56. The van der Waals surface area contributed by atoms with Crippen LogP contribution in [0.4, 0.5) is 0 Å². The lowest BCUT2D eigenvalue weighted by molar-refractivity contribution is -0.126. The van der Waals surface area contributed by atoms with Crippen LogP contribution in [0.1, 0.15) is 38.5 Å². The van der Waals surface area contributed by atoms with Crippen molar-refractivity contribution in [2.24, 2.45) is 23.5 Å². The summed E-state index contributed by atoms with van der Waals surface area (Å²) < 4.78 is 0. The molecule has 3 unspecified atom stereocenters. The van der Waals surface area contributed by atoms with E-state index in [2.05, 4.69) is 0 Å². The number of fused-ring (bicyclic) bond motifs is 2. The third kappa shape index (κ3) is 1.64. The quantitative estimate of drug-likeness (QED) is 0.671. The highest BCUT2D eigenvalue weighted by Crippen LogP contribution is 2.47. The Balaban J connectivity index is 1.83. The lowest BCUT2D eigenvalue weighted by Gasteiger charge is -2.19. The van der Waals surface area contributed by atoms with Gasteiger partial charge in [0, 0.05) is 11.8 Å². The van der Waals surface area contributed by atoms with Gasteiger partial charge >= 0.3 is 0 Å². The lowest BCUT2D eigenvalue weighted by atomic mass is 9.84. The first-order chi connectivity index (χ1) is 6.33. The molecule has 2 nitrogen and oxygen atoms in total. The molecular formula is C11H19NO. The zero-order valence-corrected chi connectivity index (χ0v) is 8.17. The molecule has 2 heteroatoms. The minimum absolute atomic E-state index is 0.422. The Bertz CT molecular complexity index is 202. The van der Waals surface area contributed by atoms with Gasteiger partial charge in [0.2, 0.25) is 0 Å². The van der Waals surface area contributed by atoms with E-state index in [1.165, 1.54) is 19.3 Å². The number of hydrogen-bond donors (Lipinski definition) is 1. The molecule has 2 aliphatic rings. The monoisotopic (exact) mass is 181 g/mol. The van der Waals surface area contributed by atoms with Crippen LogP contribution in [-0.4, -0.2) is 12.3 Å². The summed E-state index contributed by atoms with van der Waals surface area (Å²) >= 11 is 0. The molecule has 0 heterocycles. The molecule has 2 bridgehead atoms. The molecule has 2 N–H and O–H groups in total. The number of carbonyl (C=O) groups is 1. The molecule has 13 heavy (non-hydrogen) atoms. The largest absolute Gasteiger partial charge is 0.330 e. The Kier molecular flexibility index (Phi) is 2.68. The van der Waals surface area contributed by atoms with Crippen molar-refractivity contribution >= 4 is 5.78 Å². The van der Waals surface area contributed by atoms with E-state index in [0.29, 0.717) is 17.6 Å². The van der Waals surface area contributed by atoms with Crippen LogP contribution in [0, 0.1) is 17.8 Å². The number of ketones is 1. The molecular weight excluding hydrogens is 162 g/mol. The molecule has 0 saturated heterocycles. The maximum absolute atomic E-state index is 11.7. The maximum atomic E-state index is 11.7. The maximum Gasteiger partial charge on any atom is 0.139 e. The summed E-state index contributed by atoms with van der Waals surface area (Å²) in [5.41, 5.74) is 5.44. The number of carbonyl (C=O) groups excluding carboxylic acids is 1. The Morgan fingerprint density at radius 1 is 1.31 bits per heavy atom. The zero-order valence-electron chi connectivity index (χ0n) is 8.17. The Hall–Kier alpha value is -0.370. The van der Waals surface area contributed by atoms with Crippen molar-refractivity contribution in [2.45, 2.75) is 38.5 Å². The van der Waals surface area contributed by atoms with E-state index >= 15 is 0 Å². The van der Waals surface area contributed by atoms with E-state index < -0.39 is 0 Å². The number of unbranched alkanes of at least 4 members (excludes halogenated alkanes) is 1. The number of hydrogen-bond acceptors (Lipinski definition) is 2. The molecule has 0 aliphatic heterocycles. The van der Waals surface area contributed by atoms with Gasteiger partial charge in [-0.05, 0) is 44.6 Å². The van der Waals surface area contributed by atoms with Crippen LogP contribution < -0.4 is 5.73 Å². The standard InChI is InChI=1S/C11H19NO/c12-6-2-1-3-10-8-4-5-9(7-8)11(10)13/h8-10H,1-7,12H2. The Morgan fingerprint density at radius 3 is 2.77 bits per heavy atom. The van der Waals surface area contributed by atoms with Crippen molar-refractivity contribution in [3.8, 4) is 0 Å². The summed E-state index contributed by atoms with van der Waals surface area (Å²) in [5, 5.41) is 0. The molecule has 2 rings (SSSR count). The van der Waals surface area contributed by atoms with E-state index in [0.717, 1.165) is 31.7 Å². The zero-order chi connectivity index (χ0) is 9.26. The van der Waals surface area contributed by atoms with Gasteiger partial charge in [-0.1, -0.05) is 6.42 Å². The summed E-state index contributed by atoms with van der Waals surface area (Å²) in [6.07, 6.45) is 7.03. The van der Waals surface area contributed by atoms with Gasteiger partial charge in [0.05, 0.1) is 0 Å². The summed E-state index contributed by atoms with van der Waals surface area (Å²) in [5.74, 6) is 2.20. The molecule has 0 aromatic carbocycles. The van der Waals surface area contributed by atoms with Gasteiger partial charge < -0.3 is 5.73 Å². The second-order valence-corrected chi connectivity index (χ2v) is 4.56. The van der Waals surface area contributed by atoms with Crippen LogP contribution in [0.3, 0.4) is 0 Å². The minimum atomic E-state index is 0.422.